The molecule has 0 saturated heterocycles. The Hall–Kier alpha value is -0.390. The van der Waals surface area contributed by atoms with E-state index in [0.717, 1.165) is 16.0 Å². The van der Waals surface area contributed by atoms with Crippen molar-refractivity contribution in [2.75, 3.05) is 13.6 Å². The molecule has 2 N–H and O–H groups in total. The molecule has 0 aliphatic rings. The van der Waals surface area contributed by atoms with Crippen molar-refractivity contribution in [1.29, 1.82) is 0 Å². The molecule has 5 heteroatoms. The first-order valence-corrected chi connectivity index (χ1v) is 8.40. The van der Waals surface area contributed by atoms with Gasteiger partial charge < -0.3 is 5.73 Å². The molecule has 1 atom stereocenters. The van der Waals surface area contributed by atoms with Crippen molar-refractivity contribution in [3.8, 4) is 0 Å². The highest BCUT2D eigenvalue weighted by molar-refractivity contribution is 9.10. The molecule has 108 valence electrons. The Kier molecular flexibility index (Phi) is 5.64. The molecule has 0 spiro atoms. The number of rotatable bonds is 5. The van der Waals surface area contributed by atoms with E-state index < -0.39 is 0 Å². The summed E-state index contributed by atoms with van der Waals surface area (Å²) in [6.07, 6.45) is 0. The summed E-state index contributed by atoms with van der Waals surface area (Å²) in [7, 11) is 2.11. The summed E-state index contributed by atoms with van der Waals surface area (Å²) in [5.74, 6) is 0. The predicted octanol–water partition coefficient (Wildman–Crippen LogP) is 4.60. The number of hydrogen-bond acceptors (Lipinski definition) is 3. The molecule has 0 amide bonds. The van der Waals surface area contributed by atoms with Crippen LogP contribution in [0.5, 0.6) is 0 Å². The van der Waals surface area contributed by atoms with Crippen molar-refractivity contribution in [3.05, 3.63) is 55.1 Å². The molecule has 1 unspecified atom stereocenters. The van der Waals surface area contributed by atoms with E-state index in [1.807, 2.05) is 12.1 Å². The normalized spacial score (nSPS) is 12.9. The van der Waals surface area contributed by atoms with Gasteiger partial charge >= 0.3 is 0 Å². The highest BCUT2D eigenvalue weighted by Gasteiger charge is 2.18. The molecule has 0 saturated carbocycles. The second-order valence-electron chi connectivity index (χ2n) is 4.85. The Labute approximate surface area is 137 Å². The van der Waals surface area contributed by atoms with Crippen LogP contribution < -0.4 is 5.73 Å². The van der Waals surface area contributed by atoms with Gasteiger partial charge in [-0.05, 0) is 53.7 Å². The topological polar surface area (TPSA) is 29.3 Å². The van der Waals surface area contributed by atoms with Crippen LogP contribution in [0.3, 0.4) is 0 Å². The maximum Gasteiger partial charge on any atom is 0.0565 e. The van der Waals surface area contributed by atoms with Crippen molar-refractivity contribution in [1.82, 2.24) is 4.90 Å². The SMILES string of the molecule is Cc1sc(C(CN)N(C)Cc2ccc(Cl)cc2)cc1Br. The molecular weight excluding hydrogens is 356 g/mol. The van der Waals surface area contributed by atoms with E-state index in [2.05, 4.69) is 53.0 Å². The number of thiophene rings is 1. The van der Waals surface area contributed by atoms with Crippen molar-refractivity contribution in [2.45, 2.75) is 19.5 Å². The van der Waals surface area contributed by atoms with Gasteiger partial charge in [0.15, 0.2) is 0 Å². The lowest BCUT2D eigenvalue weighted by Crippen LogP contribution is -2.29. The monoisotopic (exact) mass is 372 g/mol. The first-order valence-electron chi connectivity index (χ1n) is 6.42. The number of likely N-dealkylation sites (N-methyl/N-ethyl adjacent to an activating group) is 1. The van der Waals surface area contributed by atoms with E-state index in [0.29, 0.717) is 6.54 Å². The summed E-state index contributed by atoms with van der Waals surface area (Å²) in [5.41, 5.74) is 7.21. The third-order valence-corrected chi connectivity index (χ3v) is 5.80. The summed E-state index contributed by atoms with van der Waals surface area (Å²) >= 11 is 11.3. The Morgan fingerprint density at radius 2 is 2.00 bits per heavy atom. The van der Waals surface area contributed by atoms with E-state index in [1.54, 1.807) is 11.3 Å². The third-order valence-electron chi connectivity index (χ3n) is 3.31. The minimum atomic E-state index is 0.237. The smallest absolute Gasteiger partial charge is 0.0565 e. The second-order valence-corrected chi connectivity index (χ2v) is 7.42. The lowest BCUT2D eigenvalue weighted by Gasteiger charge is -2.26. The van der Waals surface area contributed by atoms with Crippen molar-refractivity contribution >= 4 is 38.9 Å². The van der Waals surface area contributed by atoms with Crippen LogP contribution in [0.25, 0.3) is 0 Å². The molecule has 0 aliphatic carbocycles. The van der Waals surface area contributed by atoms with E-state index in [4.69, 9.17) is 17.3 Å². The van der Waals surface area contributed by atoms with Gasteiger partial charge in [-0.25, -0.2) is 0 Å². The first-order chi connectivity index (χ1) is 9.51. The molecule has 1 aromatic carbocycles. The Morgan fingerprint density at radius 1 is 1.35 bits per heavy atom. The molecule has 0 radical (unpaired) electrons. The standard InChI is InChI=1S/C15H18BrClN2S/c1-10-13(16)7-15(20-10)14(8-18)19(2)9-11-3-5-12(17)6-4-11/h3-7,14H,8-9,18H2,1-2H3. The second kappa shape index (κ2) is 7.05. The van der Waals surface area contributed by atoms with Gasteiger partial charge in [0.1, 0.15) is 0 Å². The molecule has 0 aliphatic heterocycles. The minimum absolute atomic E-state index is 0.237. The summed E-state index contributed by atoms with van der Waals surface area (Å²) in [6.45, 7) is 3.58. The maximum atomic E-state index is 5.97. The van der Waals surface area contributed by atoms with Crippen molar-refractivity contribution < 1.29 is 0 Å². The fraction of sp³-hybridized carbons (Fsp3) is 0.333. The van der Waals surface area contributed by atoms with Crippen LogP contribution in [0.15, 0.2) is 34.8 Å². The molecule has 2 aromatic rings. The van der Waals surface area contributed by atoms with E-state index in [1.165, 1.54) is 15.3 Å². The van der Waals surface area contributed by atoms with E-state index in [9.17, 15) is 0 Å². The zero-order valence-corrected chi connectivity index (χ0v) is 14.7. The maximum absolute atomic E-state index is 5.97. The highest BCUT2D eigenvalue weighted by atomic mass is 79.9. The molecule has 2 rings (SSSR count). The fourth-order valence-electron chi connectivity index (χ4n) is 2.15. The Morgan fingerprint density at radius 3 is 2.50 bits per heavy atom. The number of halogens is 2. The van der Waals surface area contributed by atoms with Gasteiger partial charge in [-0.15, -0.1) is 11.3 Å². The van der Waals surface area contributed by atoms with Crippen molar-refractivity contribution in [3.63, 3.8) is 0 Å². The predicted molar refractivity (Wildman–Crippen MR) is 91.5 cm³/mol. The van der Waals surface area contributed by atoms with Crippen LogP contribution >= 0.6 is 38.9 Å². The number of nitrogens with two attached hydrogens (primary N) is 1. The summed E-state index contributed by atoms with van der Waals surface area (Å²) in [5, 5.41) is 0.768. The number of nitrogens with zero attached hydrogens (tertiary/aromatic N) is 1. The molecule has 20 heavy (non-hydrogen) atoms. The molecule has 0 bridgehead atoms. The third kappa shape index (κ3) is 3.83. The minimum Gasteiger partial charge on any atom is -0.329 e. The van der Waals surface area contributed by atoms with Crippen LogP contribution in [-0.2, 0) is 6.54 Å². The van der Waals surface area contributed by atoms with Gasteiger partial charge in [0.25, 0.3) is 0 Å². The number of benzene rings is 1. The first kappa shape index (κ1) is 16.0. The van der Waals surface area contributed by atoms with Crippen LogP contribution in [-0.4, -0.2) is 18.5 Å². The van der Waals surface area contributed by atoms with E-state index in [-0.39, 0.29) is 6.04 Å². The van der Waals surface area contributed by atoms with Gasteiger partial charge in [-0.3, -0.25) is 4.90 Å². The number of hydrogen-bond donors (Lipinski definition) is 1. The van der Waals surface area contributed by atoms with Gasteiger partial charge in [0, 0.05) is 32.3 Å². The Balaban J connectivity index is 2.12. The largest absolute Gasteiger partial charge is 0.329 e. The van der Waals surface area contributed by atoms with Crippen LogP contribution in [0.1, 0.15) is 21.4 Å². The number of aryl methyl sites for hydroxylation is 1. The van der Waals surface area contributed by atoms with Gasteiger partial charge in [-0.2, -0.15) is 0 Å². The quantitative estimate of drug-likeness (QED) is 0.829. The zero-order chi connectivity index (χ0) is 14.7. The fourth-order valence-corrected chi connectivity index (χ4v) is 4.01. The van der Waals surface area contributed by atoms with Crippen LogP contribution in [0.4, 0.5) is 0 Å². The lowest BCUT2D eigenvalue weighted by atomic mass is 10.1. The zero-order valence-electron chi connectivity index (χ0n) is 11.6. The van der Waals surface area contributed by atoms with Crippen LogP contribution in [0.2, 0.25) is 5.02 Å². The molecule has 0 fully saturated rings. The van der Waals surface area contributed by atoms with E-state index >= 15 is 0 Å². The Bertz CT molecular complexity index is 548. The van der Waals surface area contributed by atoms with Crippen LogP contribution in [0, 0.1) is 6.92 Å². The molecule has 1 aromatic heterocycles. The summed E-state index contributed by atoms with van der Waals surface area (Å²) in [4.78, 5) is 4.87. The molecule has 2 nitrogen and oxygen atoms in total. The van der Waals surface area contributed by atoms with Gasteiger partial charge in [0.05, 0.1) is 6.04 Å². The average molecular weight is 374 g/mol. The average Bonchev–Trinajstić information content (AvgIpc) is 2.73. The summed E-state index contributed by atoms with van der Waals surface area (Å²) < 4.78 is 1.16. The van der Waals surface area contributed by atoms with Crippen molar-refractivity contribution in [2.24, 2.45) is 5.73 Å². The lowest BCUT2D eigenvalue weighted by molar-refractivity contribution is 0.245. The molecule has 1 heterocycles. The van der Waals surface area contributed by atoms with Gasteiger partial charge in [0.2, 0.25) is 0 Å². The van der Waals surface area contributed by atoms with Gasteiger partial charge in [-0.1, -0.05) is 23.7 Å². The molecular formula is C15H18BrClN2S. The summed E-state index contributed by atoms with van der Waals surface area (Å²) in [6, 6.07) is 10.4. The highest BCUT2D eigenvalue weighted by Crippen LogP contribution is 2.33.